The highest BCUT2D eigenvalue weighted by molar-refractivity contribution is 6.48. The van der Waals surface area contributed by atoms with E-state index in [9.17, 15) is 14.7 Å². The van der Waals surface area contributed by atoms with Gasteiger partial charge in [-0.25, -0.2) is 9.59 Å². The Morgan fingerprint density at radius 1 is 1.11 bits per heavy atom. The van der Waals surface area contributed by atoms with Crippen molar-refractivity contribution in [3.8, 4) is 0 Å². The maximum atomic E-state index is 13.6. The Hall–Kier alpha value is -1.58. The summed E-state index contributed by atoms with van der Waals surface area (Å²) < 4.78 is 18.0. The summed E-state index contributed by atoms with van der Waals surface area (Å²) >= 11 is 0. The lowest BCUT2D eigenvalue weighted by molar-refractivity contribution is -0.111. The Bertz CT molecular complexity index is 738. The van der Waals surface area contributed by atoms with Crippen molar-refractivity contribution in [2.75, 3.05) is 13.1 Å². The molecule has 0 aromatic carbocycles. The predicted molar refractivity (Wildman–Crippen MR) is 142 cm³/mol. The van der Waals surface area contributed by atoms with E-state index in [4.69, 9.17) is 13.9 Å². The normalized spacial score (nSPS) is 23.1. The first-order valence-corrected chi connectivity index (χ1v) is 15.4. The van der Waals surface area contributed by atoms with Crippen LogP contribution in [0.3, 0.4) is 0 Å². The van der Waals surface area contributed by atoms with E-state index in [0.717, 1.165) is 0 Å². The fourth-order valence-electron chi connectivity index (χ4n) is 4.37. The van der Waals surface area contributed by atoms with Gasteiger partial charge in [-0.1, -0.05) is 26.8 Å². The van der Waals surface area contributed by atoms with Crippen molar-refractivity contribution in [3.63, 3.8) is 0 Å². The summed E-state index contributed by atoms with van der Waals surface area (Å²) in [5.41, 5.74) is -2.46. The van der Waals surface area contributed by atoms with Gasteiger partial charge in [0.1, 0.15) is 16.9 Å². The molecule has 2 unspecified atom stereocenters. The molecule has 4 atom stereocenters. The number of hydrogen-bond acceptors (Lipinski definition) is 6. The molecule has 0 saturated carbocycles. The standard InChI is InChI=1S/C26H50N2O6Si/c1-13-20(29)14-18(16-27-21(30)32-24(5,6)7)26(34-35(11)12)15-19(23(2,3)4)17-28(26)22(31)33-25(8,9)10/h13,18-20,29,35H,1,14-17H2,2-12H3,(H,27,30)/t18?,19-,20?,26-/m0/s1. The highest BCUT2D eigenvalue weighted by Gasteiger charge is 2.57. The van der Waals surface area contributed by atoms with Crippen molar-refractivity contribution in [1.29, 1.82) is 0 Å². The molecule has 0 spiro atoms. The van der Waals surface area contributed by atoms with Crippen molar-refractivity contribution in [2.45, 2.75) is 111 Å². The lowest BCUT2D eigenvalue weighted by Gasteiger charge is -2.46. The largest absolute Gasteiger partial charge is 0.444 e. The highest BCUT2D eigenvalue weighted by Crippen LogP contribution is 2.48. The SMILES string of the molecule is C=CC(O)CC(CNC(=O)OC(C)(C)C)[C@@]1(O[SiH](C)C)C[C@H](C(C)(C)C)CN1C(=O)OC(C)(C)C. The molecule has 35 heavy (non-hydrogen) atoms. The van der Waals surface area contributed by atoms with E-state index in [0.29, 0.717) is 13.0 Å². The number of carbonyl (C=O) groups excluding carboxylic acids is 2. The number of rotatable bonds is 8. The minimum absolute atomic E-state index is 0.0932. The zero-order valence-corrected chi connectivity index (χ0v) is 25.0. The summed E-state index contributed by atoms with van der Waals surface area (Å²) in [5.74, 6) is -0.287. The van der Waals surface area contributed by atoms with Crippen LogP contribution in [0.25, 0.3) is 0 Å². The molecule has 2 N–H and O–H groups in total. The van der Waals surface area contributed by atoms with Crippen molar-refractivity contribution >= 4 is 21.2 Å². The molecule has 1 saturated heterocycles. The third-order valence-corrected chi connectivity index (χ3v) is 6.88. The second kappa shape index (κ2) is 11.6. The molecule has 1 heterocycles. The van der Waals surface area contributed by atoms with E-state index in [1.807, 2.05) is 20.8 Å². The number of likely N-dealkylation sites (tertiary alicyclic amines) is 1. The molecule has 1 aliphatic heterocycles. The average Bonchev–Trinajstić information content (AvgIpc) is 3.02. The average molecular weight is 515 g/mol. The zero-order chi connectivity index (χ0) is 27.4. The lowest BCUT2D eigenvalue weighted by Crippen LogP contribution is -2.59. The highest BCUT2D eigenvalue weighted by atomic mass is 28.3. The number of nitrogens with one attached hydrogen (secondary N) is 1. The minimum Gasteiger partial charge on any atom is -0.444 e. The van der Waals surface area contributed by atoms with E-state index in [2.05, 4.69) is 45.8 Å². The molecular weight excluding hydrogens is 464 g/mol. The van der Waals surface area contributed by atoms with Crippen LogP contribution in [-0.2, 0) is 13.9 Å². The van der Waals surface area contributed by atoms with Crippen molar-refractivity contribution in [2.24, 2.45) is 17.3 Å². The first-order chi connectivity index (χ1) is 15.7. The minimum atomic E-state index is -1.70. The Balaban J connectivity index is 3.53. The van der Waals surface area contributed by atoms with Gasteiger partial charge in [0.15, 0.2) is 9.04 Å². The molecule has 0 bridgehead atoms. The van der Waals surface area contributed by atoms with E-state index in [1.54, 1.807) is 25.7 Å². The van der Waals surface area contributed by atoms with E-state index < -0.39 is 50.2 Å². The third-order valence-electron chi connectivity index (χ3n) is 6.00. The molecule has 1 rings (SSSR count). The number of carbonyl (C=O) groups is 2. The predicted octanol–water partition coefficient (Wildman–Crippen LogP) is 5.06. The van der Waals surface area contributed by atoms with Crippen LogP contribution in [0, 0.1) is 17.3 Å². The number of ether oxygens (including phenoxy) is 2. The fraction of sp³-hybridized carbons (Fsp3) is 0.846. The first-order valence-electron chi connectivity index (χ1n) is 12.7. The van der Waals surface area contributed by atoms with Crippen molar-refractivity contribution in [1.82, 2.24) is 10.2 Å². The van der Waals surface area contributed by atoms with Gasteiger partial charge in [0.2, 0.25) is 0 Å². The van der Waals surface area contributed by atoms with Gasteiger partial charge in [-0.2, -0.15) is 0 Å². The summed E-state index contributed by atoms with van der Waals surface area (Å²) in [7, 11) is -1.70. The smallest absolute Gasteiger partial charge is 0.412 e. The van der Waals surface area contributed by atoms with Gasteiger partial charge in [0.25, 0.3) is 0 Å². The molecule has 204 valence electrons. The van der Waals surface area contributed by atoms with E-state index in [-0.39, 0.29) is 24.3 Å². The summed E-state index contributed by atoms with van der Waals surface area (Å²) in [6, 6.07) is 0. The van der Waals surface area contributed by atoms with Gasteiger partial charge in [0.05, 0.1) is 6.10 Å². The topological polar surface area (TPSA) is 97.3 Å². The summed E-state index contributed by atoms with van der Waals surface area (Å²) in [5, 5.41) is 13.4. The van der Waals surface area contributed by atoms with Gasteiger partial charge in [-0.3, -0.25) is 4.90 Å². The molecule has 1 aliphatic rings. The number of aliphatic hydroxyl groups excluding tert-OH is 1. The molecule has 0 aromatic rings. The monoisotopic (exact) mass is 514 g/mol. The summed E-state index contributed by atoms with van der Waals surface area (Å²) in [4.78, 5) is 27.8. The number of alkyl carbamates (subject to hydrolysis) is 1. The maximum Gasteiger partial charge on any atom is 0.412 e. The molecule has 8 nitrogen and oxygen atoms in total. The Labute approximate surface area is 214 Å². The molecule has 0 radical (unpaired) electrons. The van der Waals surface area contributed by atoms with Crippen LogP contribution < -0.4 is 5.32 Å². The van der Waals surface area contributed by atoms with Gasteiger partial charge >= 0.3 is 12.2 Å². The summed E-state index contributed by atoms with van der Waals surface area (Å²) in [6.07, 6.45) is 0.469. The number of hydrogen-bond donors (Lipinski definition) is 2. The second-order valence-corrected chi connectivity index (χ2v) is 15.3. The van der Waals surface area contributed by atoms with Crippen LogP contribution in [0.2, 0.25) is 13.1 Å². The first kappa shape index (κ1) is 31.4. The van der Waals surface area contributed by atoms with Gasteiger partial charge < -0.3 is 24.3 Å². The quantitative estimate of drug-likeness (QED) is 0.347. The van der Waals surface area contributed by atoms with Crippen molar-refractivity contribution in [3.05, 3.63) is 12.7 Å². The lowest BCUT2D eigenvalue weighted by atomic mass is 9.76. The summed E-state index contributed by atoms with van der Waals surface area (Å²) in [6.45, 7) is 25.8. The molecule has 2 amide bonds. The number of nitrogens with zero attached hydrogens (tertiary/aromatic N) is 1. The molecule has 0 aromatic heterocycles. The molecular formula is C26H50N2O6Si. The Morgan fingerprint density at radius 3 is 2.09 bits per heavy atom. The second-order valence-electron chi connectivity index (χ2n) is 13.0. The van der Waals surface area contributed by atoms with Crippen LogP contribution in [-0.4, -0.2) is 67.4 Å². The van der Waals surface area contributed by atoms with Crippen LogP contribution in [0.1, 0.15) is 75.2 Å². The zero-order valence-electron chi connectivity index (χ0n) is 23.9. The van der Waals surface area contributed by atoms with Crippen LogP contribution >= 0.6 is 0 Å². The van der Waals surface area contributed by atoms with Crippen LogP contribution in [0.15, 0.2) is 12.7 Å². The van der Waals surface area contributed by atoms with E-state index >= 15 is 0 Å². The van der Waals surface area contributed by atoms with Crippen LogP contribution in [0.5, 0.6) is 0 Å². The number of amides is 2. The molecule has 9 heteroatoms. The Morgan fingerprint density at radius 2 is 1.66 bits per heavy atom. The molecule has 1 fully saturated rings. The van der Waals surface area contributed by atoms with Gasteiger partial charge in [0, 0.05) is 19.0 Å². The van der Waals surface area contributed by atoms with Crippen LogP contribution in [0.4, 0.5) is 9.59 Å². The van der Waals surface area contributed by atoms with Gasteiger partial charge in [-0.15, -0.1) is 6.58 Å². The third kappa shape index (κ3) is 9.77. The molecule has 0 aliphatic carbocycles. The van der Waals surface area contributed by atoms with Gasteiger partial charge in [-0.05, 0) is 78.8 Å². The maximum absolute atomic E-state index is 13.6. The van der Waals surface area contributed by atoms with E-state index in [1.165, 1.54) is 6.08 Å². The Kier molecular flexibility index (Phi) is 10.5. The fourth-order valence-corrected chi connectivity index (χ4v) is 5.60. The number of aliphatic hydroxyl groups is 1. The van der Waals surface area contributed by atoms with Crippen molar-refractivity contribution < 1.29 is 28.6 Å².